The van der Waals surface area contributed by atoms with Crippen LogP contribution in [0.1, 0.15) is 42.7 Å². The van der Waals surface area contributed by atoms with E-state index in [-0.39, 0.29) is 36.2 Å². The highest BCUT2D eigenvalue weighted by Gasteiger charge is 2.41. The van der Waals surface area contributed by atoms with Crippen LogP contribution in [0.2, 0.25) is 0 Å². The number of hydrogen-bond donors (Lipinski definition) is 3. The summed E-state index contributed by atoms with van der Waals surface area (Å²) in [4.78, 5) is 47.5. The van der Waals surface area contributed by atoms with E-state index >= 15 is 0 Å². The van der Waals surface area contributed by atoms with Crippen molar-refractivity contribution in [3.05, 3.63) is 82.7 Å². The molecule has 1 aromatic heterocycles. The van der Waals surface area contributed by atoms with Gasteiger partial charge in [0.25, 0.3) is 0 Å². The zero-order chi connectivity index (χ0) is 31.9. The number of aryl methyl sites for hydroxylation is 1. The summed E-state index contributed by atoms with van der Waals surface area (Å²) in [7, 11) is 0. The molecule has 3 atom stereocenters. The molecule has 0 unspecified atom stereocenters. The monoisotopic (exact) mass is 641 g/mol. The Morgan fingerprint density at radius 1 is 1.09 bits per heavy atom. The Kier molecular flexibility index (Phi) is 10.3. The number of aromatic nitrogens is 1. The maximum absolute atomic E-state index is 13.9. The van der Waals surface area contributed by atoms with Gasteiger partial charge in [0.2, 0.25) is 17.7 Å². The highest BCUT2D eigenvalue weighted by atomic mass is 32.1. The van der Waals surface area contributed by atoms with E-state index in [4.69, 9.17) is 4.74 Å². The minimum absolute atomic E-state index is 0.0543. The van der Waals surface area contributed by atoms with Gasteiger partial charge in [-0.05, 0) is 62.6 Å². The van der Waals surface area contributed by atoms with Crippen LogP contribution in [0.4, 0.5) is 5.69 Å². The third kappa shape index (κ3) is 7.92. The van der Waals surface area contributed by atoms with Crippen LogP contribution < -0.4 is 16.0 Å². The van der Waals surface area contributed by atoms with Gasteiger partial charge in [-0.15, -0.1) is 11.3 Å². The lowest BCUT2D eigenvalue weighted by atomic mass is 9.75. The lowest BCUT2D eigenvalue weighted by Crippen LogP contribution is -2.58. The van der Waals surface area contributed by atoms with Gasteiger partial charge in [0.1, 0.15) is 6.04 Å². The Morgan fingerprint density at radius 3 is 2.70 bits per heavy atom. The van der Waals surface area contributed by atoms with E-state index in [1.807, 2.05) is 66.9 Å². The number of thiazole rings is 1. The fraction of sp³-hybridized carbons (Fsp3) is 0.444. The van der Waals surface area contributed by atoms with Gasteiger partial charge in [0.05, 0.1) is 22.7 Å². The maximum Gasteiger partial charge on any atom is 0.243 e. The Morgan fingerprint density at radius 2 is 1.91 bits per heavy atom. The molecule has 2 fully saturated rings. The molecule has 1 spiro atoms. The van der Waals surface area contributed by atoms with E-state index in [2.05, 4.69) is 38.0 Å². The Labute approximate surface area is 274 Å². The first kappa shape index (κ1) is 32.1. The van der Waals surface area contributed by atoms with Crippen LogP contribution in [0.3, 0.4) is 0 Å². The molecule has 4 heterocycles. The second-order valence-electron chi connectivity index (χ2n) is 12.8. The molecule has 242 valence electrons. The second-order valence-corrected chi connectivity index (χ2v) is 13.9. The van der Waals surface area contributed by atoms with Crippen LogP contribution in [0, 0.1) is 18.3 Å². The molecule has 3 aliphatic heterocycles. The predicted molar refractivity (Wildman–Crippen MR) is 180 cm³/mol. The molecule has 10 heteroatoms. The number of carbonyl (C=O) groups excluding carboxylic acids is 3. The van der Waals surface area contributed by atoms with E-state index in [9.17, 15) is 14.4 Å². The molecular weight excluding hydrogens is 598 g/mol. The Balaban J connectivity index is 1.14. The number of carbonyl (C=O) groups is 3. The number of nitrogens with zero attached hydrogens (tertiary/aromatic N) is 2. The molecule has 2 saturated heterocycles. The van der Waals surface area contributed by atoms with Crippen LogP contribution in [-0.2, 0) is 25.5 Å². The molecule has 46 heavy (non-hydrogen) atoms. The van der Waals surface area contributed by atoms with Crippen LogP contribution in [-0.4, -0.2) is 72.5 Å². The summed E-state index contributed by atoms with van der Waals surface area (Å²) in [6, 6.07) is 16.9. The van der Waals surface area contributed by atoms with E-state index in [1.54, 1.807) is 11.3 Å². The number of allylic oxidation sites excluding steroid dienone is 2. The van der Waals surface area contributed by atoms with Crippen molar-refractivity contribution in [3.63, 3.8) is 0 Å². The van der Waals surface area contributed by atoms with Crippen molar-refractivity contribution in [2.45, 2.75) is 57.5 Å². The van der Waals surface area contributed by atoms with E-state index in [1.165, 1.54) is 0 Å². The summed E-state index contributed by atoms with van der Waals surface area (Å²) in [6.45, 7) is 4.71. The first-order valence-electron chi connectivity index (χ1n) is 16.3. The third-order valence-corrected chi connectivity index (χ3v) is 10.3. The molecule has 3 aliphatic rings. The van der Waals surface area contributed by atoms with E-state index < -0.39 is 11.5 Å². The summed E-state index contributed by atoms with van der Waals surface area (Å²) >= 11 is 1.61. The molecule has 0 radical (unpaired) electrons. The van der Waals surface area contributed by atoms with Gasteiger partial charge in [-0.2, -0.15) is 0 Å². The number of hydrogen-bond acceptors (Lipinski definition) is 7. The maximum atomic E-state index is 13.9. The van der Waals surface area contributed by atoms with Gasteiger partial charge in [0.15, 0.2) is 0 Å². The predicted octanol–water partition coefficient (Wildman–Crippen LogP) is 4.74. The van der Waals surface area contributed by atoms with Gasteiger partial charge in [-0.3, -0.25) is 19.3 Å². The number of anilines is 1. The van der Waals surface area contributed by atoms with Crippen molar-refractivity contribution in [1.29, 1.82) is 0 Å². The first-order valence-corrected chi connectivity index (χ1v) is 17.2. The highest BCUT2D eigenvalue weighted by Crippen LogP contribution is 2.36. The largest absolute Gasteiger partial charge is 0.381 e. The van der Waals surface area contributed by atoms with Crippen molar-refractivity contribution in [1.82, 2.24) is 20.5 Å². The Bertz CT molecular complexity index is 1550. The fourth-order valence-corrected chi connectivity index (χ4v) is 7.48. The van der Waals surface area contributed by atoms with E-state index in [0.717, 1.165) is 40.4 Å². The van der Waals surface area contributed by atoms with Crippen LogP contribution >= 0.6 is 11.3 Å². The van der Waals surface area contributed by atoms with Gasteiger partial charge < -0.3 is 20.7 Å². The quantitative estimate of drug-likeness (QED) is 0.336. The highest BCUT2D eigenvalue weighted by molar-refractivity contribution is 7.09. The zero-order valence-corrected chi connectivity index (χ0v) is 27.2. The minimum atomic E-state index is -0.675. The number of rotatable bonds is 6. The lowest BCUT2D eigenvalue weighted by molar-refractivity contribution is -0.140. The average molecular weight is 642 g/mol. The molecule has 3 N–H and O–H groups in total. The normalized spacial score (nSPS) is 24.5. The summed E-state index contributed by atoms with van der Waals surface area (Å²) in [6.07, 6.45) is 8.08. The number of nitrogens with one attached hydrogen (secondary N) is 3. The van der Waals surface area contributed by atoms with Gasteiger partial charge in [0, 0.05) is 55.4 Å². The molecule has 3 aromatic rings. The molecule has 0 aliphatic carbocycles. The van der Waals surface area contributed by atoms with Crippen LogP contribution in [0.5, 0.6) is 0 Å². The van der Waals surface area contributed by atoms with Crippen LogP contribution in [0.15, 0.2) is 72.1 Å². The van der Waals surface area contributed by atoms with Crippen molar-refractivity contribution in [2.75, 3.05) is 38.2 Å². The van der Waals surface area contributed by atoms with Crippen molar-refractivity contribution in [2.24, 2.45) is 11.3 Å². The third-order valence-electron chi connectivity index (χ3n) is 9.52. The number of benzene rings is 2. The molecule has 2 aromatic carbocycles. The number of likely N-dealkylation sites (tertiary alicyclic amines) is 1. The number of ether oxygens (including phenoxy) is 1. The molecule has 6 rings (SSSR count). The van der Waals surface area contributed by atoms with Crippen molar-refractivity contribution < 1.29 is 19.1 Å². The number of piperidine rings is 1. The van der Waals surface area contributed by atoms with Gasteiger partial charge >= 0.3 is 0 Å². The van der Waals surface area contributed by atoms with E-state index in [0.29, 0.717) is 52.0 Å². The topological polar surface area (TPSA) is 113 Å². The SMILES string of the molecule is Cc1nc(-c2cccc(NC(=O)CN3CC[C@H]4NC(=O)[C@@H](Cc5ccccc5)NC(=O)C5(C/C=C/C[C@H]4C3)CCOCC5)c2)cs1. The smallest absolute Gasteiger partial charge is 0.243 e. The standard InChI is InChI=1S/C36H43N5O4S/c1-25-37-32(24-46-25)27-11-7-12-29(21-27)38-33(42)23-41-17-13-30-28(22-41)10-5-6-14-36(15-18-45-19-16-36)35(44)40-31(34(43)39-30)20-26-8-3-2-4-9-26/h2-9,11-12,21,24,28,30-31H,10,13-20,22-23H2,1H3,(H,38,42)(H,39,43)(H,40,44)/b6-5+/t28-,30+,31+/m0/s1. The summed E-state index contributed by atoms with van der Waals surface area (Å²) in [5.74, 6) is -0.150. The van der Waals surface area contributed by atoms with Crippen molar-refractivity contribution in [3.8, 4) is 11.3 Å². The molecule has 3 amide bonds. The molecule has 0 bridgehead atoms. The minimum Gasteiger partial charge on any atom is -0.381 e. The van der Waals surface area contributed by atoms with Gasteiger partial charge in [-0.1, -0.05) is 54.6 Å². The first-order chi connectivity index (χ1) is 22.4. The summed E-state index contributed by atoms with van der Waals surface area (Å²) < 4.78 is 5.62. The lowest BCUT2D eigenvalue weighted by Gasteiger charge is -2.40. The molecule has 0 saturated carbocycles. The van der Waals surface area contributed by atoms with Crippen molar-refractivity contribution >= 4 is 34.7 Å². The molecule has 9 nitrogen and oxygen atoms in total. The zero-order valence-electron chi connectivity index (χ0n) is 26.4. The summed E-state index contributed by atoms with van der Waals surface area (Å²) in [5, 5.41) is 12.6. The second kappa shape index (κ2) is 14.7. The fourth-order valence-electron chi connectivity index (χ4n) is 6.86. The van der Waals surface area contributed by atoms with Crippen LogP contribution in [0.25, 0.3) is 11.3 Å². The Hall–Kier alpha value is -3.86. The number of amides is 3. The number of fused-ring (bicyclic) bond motifs is 1. The van der Waals surface area contributed by atoms with Gasteiger partial charge in [-0.25, -0.2) is 4.98 Å². The summed E-state index contributed by atoms with van der Waals surface area (Å²) in [5.41, 5.74) is 3.04. The average Bonchev–Trinajstić information content (AvgIpc) is 3.50. The molecular formula is C36H43N5O4S.